The molecule has 0 fully saturated rings. The van der Waals surface area contributed by atoms with Gasteiger partial charge in [0.15, 0.2) is 0 Å². The first-order valence-corrected chi connectivity index (χ1v) is 11.2. The summed E-state index contributed by atoms with van der Waals surface area (Å²) in [7, 11) is 0. The molecule has 1 aliphatic rings. The van der Waals surface area contributed by atoms with E-state index in [1.165, 1.54) is 0 Å². The second-order valence-corrected chi connectivity index (χ2v) is 8.93. The lowest BCUT2D eigenvalue weighted by molar-refractivity contribution is -0.117. The fourth-order valence-corrected chi connectivity index (χ4v) is 4.66. The highest BCUT2D eigenvalue weighted by atomic mass is 32.2. The zero-order chi connectivity index (χ0) is 21.6. The number of hydrogen-bond donors (Lipinski definition) is 2. The van der Waals surface area contributed by atoms with Crippen LogP contribution in [0.2, 0.25) is 0 Å². The van der Waals surface area contributed by atoms with Crippen molar-refractivity contribution >= 4 is 40.6 Å². The lowest BCUT2D eigenvalue weighted by Crippen LogP contribution is -2.36. The molecule has 1 atom stereocenters. The van der Waals surface area contributed by atoms with Crippen molar-refractivity contribution in [2.45, 2.75) is 23.5 Å². The van der Waals surface area contributed by atoms with Crippen molar-refractivity contribution < 1.29 is 9.59 Å². The maximum Gasteiger partial charge on any atom is 0.255 e. The van der Waals surface area contributed by atoms with Gasteiger partial charge in [-0.1, -0.05) is 49.4 Å². The highest BCUT2D eigenvalue weighted by molar-refractivity contribution is 8.00. The van der Waals surface area contributed by atoms with Crippen LogP contribution in [0.4, 0.5) is 17.1 Å². The number of benzene rings is 3. The summed E-state index contributed by atoms with van der Waals surface area (Å²) in [6, 6.07) is 24.6. The van der Waals surface area contributed by atoms with Gasteiger partial charge in [0.05, 0.1) is 23.6 Å². The third-order valence-electron chi connectivity index (χ3n) is 5.19. The number of rotatable bonds is 5. The van der Waals surface area contributed by atoms with Crippen LogP contribution in [0.1, 0.15) is 23.7 Å². The maximum atomic E-state index is 13.1. The molecule has 0 bridgehead atoms. The zero-order valence-corrected chi connectivity index (χ0v) is 18.2. The summed E-state index contributed by atoms with van der Waals surface area (Å²) in [6.45, 7) is 3.03. The molecule has 2 N–H and O–H groups in total. The van der Waals surface area contributed by atoms with Crippen LogP contribution in [0.5, 0.6) is 0 Å². The first-order chi connectivity index (χ1) is 15.1. The molecular formula is C25H25N3O2S. The van der Waals surface area contributed by atoms with Gasteiger partial charge in [-0.25, -0.2) is 0 Å². The predicted molar refractivity (Wildman–Crippen MR) is 128 cm³/mol. The van der Waals surface area contributed by atoms with Crippen molar-refractivity contribution in [2.75, 3.05) is 28.6 Å². The maximum absolute atomic E-state index is 13.1. The Morgan fingerprint density at radius 1 is 0.935 bits per heavy atom. The predicted octanol–water partition coefficient (Wildman–Crippen LogP) is 5.27. The molecule has 0 saturated carbocycles. The summed E-state index contributed by atoms with van der Waals surface area (Å²) in [5.74, 6) is -0.181. The summed E-state index contributed by atoms with van der Waals surface area (Å²) in [4.78, 5) is 28.7. The molecule has 1 aliphatic heterocycles. The van der Waals surface area contributed by atoms with Gasteiger partial charge in [-0.05, 0) is 42.8 Å². The first-order valence-electron chi connectivity index (χ1n) is 10.4. The number of nitrogens with one attached hydrogen (secondary N) is 2. The van der Waals surface area contributed by atoms with Crippen molar-refractivity contribution in [3.63, 3.8) is 0 Å². The van der Waals surface area contributed by atoms with Crippen molar-refractivity contribution in [1.29, 1.82) is 0 Å². The number of fused-ring (bicyclic) bond motifs is 1. The largest absolute Gasteiger partial charge is 0.374 e. The van der Waals surface area contributed by atoms with Gasteiger partial charge < -0.3 is 15.5 Å². The average Bonchev–Trinajstić information content (AvgIpc) is 2.97. The molecule has 0 aliphatic carbocycles. The Balaban J connectivity index is 1.46. The molecule has 158 valence electrons. The number of nitrogens with zero attached hydrogens (tertiary/aromatic N) is 1. The first kappa shape index (κ1) is 21.0. The Kier molecular flexibility index (Phi) is 6.57. The Labute approximate surface area is 186 Å². The normalized spacial score (nSPS) is 15.5. The van der Waals surface area contributed by atoms with E-state index in [9.17, 15) is 9.59 Å². The van der Waals surface area contributed by atoms with E-state index >= 15 is 0 Å². The molecular weight excluding hydrogens is 406 g/mol. The highest BCUT2D eigenvalue weighted by Crippen LogP contribution is 2.37. The Hall–Kier alpha value is -3.25. The van der Waals surface area contributed by atoms with Gasteiger partial charge in [0.1, 0.15) is 0 Å². The molecule has 0 unspecified atom stereocenters. The van der Waals surface area contributed by atoms with E-state index in [1.807, 2.05) is 77.3 Å². The molecule has 0 aromatic heterocycles. The van der Waals surface area contributed by atoms with Gasteiger partial charge in [-0.2, -0.15) is 0 Å². The molecule has 1 heterocycles. The van der Waals surface area contributed by atoms with Crippen LogP contribution in [-0.4, -0.2) is 30.2 Å². The molecule has 6 heteroatoms. The summed E-state index contributed by atoms with van der Waals surface area (Å²) in [5, 5.41) is 6.61. The van der Waals surface area contributed by atoms with Crippen LogP contribution in [0.3, 0.4) is 0 Å². The van der Waals surface area contributed by atoms with E-state index in [0.29, 0.717) is 28.7 Å². The number of carbonyl (C=O) groups excluding carboxylic acids is 2. The monoisotopic (exact) mass is 431 g/mol. The number of hydrogen-bond acceptors (Lipinski definition) is 4. The second-order valence-electron chi connectivity index (χ2n) is 7.45. The average molecular weight is 432 g/mol. The smallest absolute Gasteiger partial charge is 0.255 e. The SMILES string of the molecule is C[C@@H]1CCN(C(=O)CNc2ccccc2NC(=O)c2ccccc2)c2ccccc2S1. The van der Waals surface area contributed by atoms with E-state index < -0.39 is 0 Å². The molecule has 5 nitrogen and oxygen atoms in total. The molecule has 4 rings (SSSR count). The molecule has 3 aromatic rings. The summed E-state index contributed by atoms with van der Waals surface area (Å²) < 4.78 is 0. The van der Waals surface area contributed by atoms with E-state index in [4.69, 9.17) is 0 Å². The number of para-hydroxylation sites is 3. The highest BCUT2D eigenvalue weighted by Gasteiger charge is 2.24. The Morgan fingerprint density at radius 2 is 1.61 bits per heavy atom. The Morgan fingerprint density at radius 3 is 2.42 bits per heavy atom. The summed E-state index contributed by atoms with van der Waals surface area (Å²) in [6.07, 6.45) is 0.939. The van der Waals surface area contributed by atoms with Crippen LogP contribution in [0.15, 0.2) is 83.8 Å². The summed E-state index contributed by atoms with van der Waals surface area (Å²) in [5.41, 5.74) is 2.91. The van der Waals surface area contributed by atoms with E-state index in [-0.39, 0.29) is 18.4 Å². The number of thioether (sulfide) groups is 1. The van der Waals surface area contributed by atoms with Gasteiger partial charge in [0, 0.05) is 22.3 Å². The fraction of sp³-hybridized carbons (Fsp3) is 0.200. The number of amides is 2. The van der Waals surface area contributed by atoms with E-state index in [2.05, 4.69) is 23.6 Å². The number of anilines is 3. The van der Waals surface area contributed by atoms with Crippen LogP contribution >= 0.6 is 11.8 Å². The topological polar surface area (TPSA) is 61.4 Å². The minimum Gasteiger partial charge on any atom is -0.374 e. The molecule has 0 spiro atoms. The van der Waals surface area contributed by atoms with Gasteiger partial charge >= 0.3 is 0 Å². The van der Waals surface area contributed by atoms with Gasteiger partial charge in [0.25, 0.3) is 5.91 Å². The van der Waals surface area contributed by atoms with Gasteiger partial charge in [0.2, 0.25) is 5.91 Å². The van der Waals surface area contributed by atoms with Crippen LogP contribution < -0.4 is 15.5 Å². The fourth-order valence-electron chi connectivity index (χ4n) is 3.54. The van der Waals surface area contributed by atoms with Crippen molar-refractivity contribution in [2.24, 2.45) is 0 Å². The van der Waals surface area contributed by atoms with Crippen molar-refractivity contribution in [3.05, 3.63) is 84.4 Å². The van der Waals surface area contributed by atoms with Crippen LogP contribution in [-0.2, 0) is 4.79 Å². The summed E-state index contributed by atoms with van der Waals surface area (Å²) >= 11 is 1.81. The van der Waals surface area contributed by atoms with Gasteiger partial charge in [-0.3, -0.25) is 9.59 Å². The zero-order valence-electron chi connectivity index (χ0n) is 17.4. The van der Waals surface area contributed by atoms with Crippen molar-refractivity contribution in [1.82, 2.24) is 0 Å². The molecule has 2 amide bonds. The van der Waals surface area contributed by atoms with Crippen LogP contribution in [0, 0.1) is 0 Å². The van der Waals surface area contributed by atoms with E-state index in [1.54, 1.807) is 12.1 Å². The molecule has 3 aromatic carbocycles. The minimum absolute atomic E-state index is 0.00587. The third kappa shape index (κ3) is 5.09. The molecule has 0 saturated heterocycles. The standard InChI is InChI=1S/C25H25N3O2S/c1-18-15-16-28(22-13-7-8-14-23(22)31-18)24(29)17-26-20-11-5-6-12-21(20)27-25(30)19-9-3-2-4-10-19/h2-14,18,26H,15-17H2,1H3,(H,27,30)/t18-/m1/s1. The minimum atomic E-state index is -0.186. The third-order valence-corrected chi connectivity index (χ3v) is 6.42. The second kappa shape index (κ2) is 9.71. The lowest BCUT2D eigenvalue weighted by Gasteiger charge is -2.23. The van der Waals surface area contributed by atoms with Crippen LogP contribution in [0.25, 0.3) is 0 Å². The molecule has 31 heavy (non-hydrogen) atoms. The Bertz CT molecular complexity index is 1070. The van der Waals surface area contributed by atoms with Crippen molar-refractivity contribution in [3.8, 4) is 0 Å². The number of carbonyl (C=O) groups is 2. The quantitative estimate of drug-likeness (QED) is 0.578. The lowest BCUT2D eigenvalue weighted by atomic mass is 10.2. The van der Waals surface area contributed by atoms with E-state index in [0.717, 1.165) is 17.0 Å². The van der Waals surface area contributed by atoms with Gasteiger partial charge in [-0.15, -0.1) is 11.8 Å². The molecule has 0 radical (unpaired) electrons.